The summed E-state index contributed by atoms with van der Waals surface area (Å²) in [6.45, 7) is 0. The van der Waals surface area contributed by atoms with Crippen molar-refractivity contribution in [1.82, 2.24) is 0 Å². The lowest BCUT2D eigenvalue weighted by atomic mass is 10.1. The molecule has 0 aliphatic heterocycles. The van der Waals surface area contributed by atoms with Gasteiger partial charge in [-0.1, -0.05) is 18.2 Å². The second-order valence-corrected chi connectivity index (χ2v) is 6.05. The first-order chi connectivity index (χ1) is 11.0. The van der Waals surface area contributed by atoms with Gasteiger partial charge in [0.05, 0.1) is 4.88 Å². The molecule has 3 rings (SSSR count). The van der Waals surface area contributed by atoms with E-state index in [9.17, 15) is 15.0 Å². The highest BCUT2D eigenvalue weighted by molar-refractivity contribution is 7.12. The molecule has 4 nitrogen and oxygen atoms in total. The molecule has 0 aliphatic carbocycles. The van der Waals surface area contributed by atoms with E-state index in [1.165, 1.54) is 16.2 Å². The maximum Gasteiger partial charge on any atom is 0.268 e. The fourth-order valence-electron chi connectivity index (χ4n) is 2.27. The smallest absolute Gasteiger partial charge is 0.268 e. The molecule has 0 saturated carbocycles. The minimum atomic E-state index is -0.146. The lowest BCUT2D eigenvalue weighted by Crippen LogP contribution is -2.25. The predicted octanol–water partition coefficient (Wildman–Crippen LogP) is 4.10. The van der Waals surface area contributed by atoms with E-state index in [1.54, 1.807) is 55.6 Å². The van der Waals surface area contributed by atoms with Crippen LogP contribution >= 0.6 is 11.3 Å². The van der Waals surface area contributed by atoms with Crippen LogP contribution in [0.25, 0.3) is 11.1 Å². The van der Waals surface area contributed by atoms with E-state index in [0.29, 0.717) is 10.6 Å². The highest BCUT2D eigenvalue weighted by Crippen LogP contribution is 2.29. The Morgan fingerprint density at radius 1 is 0.957 bits per heavy atom. The van der Waals surface area contributed by atoms with Crippen molar-refractivity contribution in [3.63, 3.8) is 0 Å². The van der Waals surface area contributed by atoms with Crippen LogP contribution < -0.4 is 4.90 Å². The van der Waals surface area contributed by atoms with Gasteiger partial charge in [-0.15, -0.1) is 11.3 Å². The summed E-state index contributed by atoms with van der Waals surface area (Å²) in [5, 5.41) is 21.0. The molecular weight excluding hydrogens is 310 g/mol. The maximum atomic E-state index is 12.6. The van der Waals surface area contributed by atoms with Crippen molar-refractivity contribution in [3.05, 3.63) is 64.9 Å². The molecule has 0 unspecified atom stereocenters. The Hall–Kier alpha value is -2.79. The number of nitrogens with zero attached hydrogens (tertiary/aromatic N) is 1. The van der Waals surface area contributed by atoms with Gasteiger partial charge in [0, 0.05) is 18.8 Å². The van der Waals surface area contributed by atoms with Crippen LogP contribution in [-0.4, -0.2) is 23.2 Å². The van der Waals surface area contributed by atoms with Crippen molar-refractivity contribution in [1.29, 1.82) is 0 Å². The van der Waals surface area contributed by atoms with E-state index in [4.69, 9.17) is 0 Å². The third-order valence-electron chi connectivity index (χ3n) is 3.51. The van der Waals surface area contributed by atoms with Gasteiger partial charge in [0.15, 0.2) is 0 Å². The molecule has 0 radical (unpaired) electrons. The largest absolute Gasteiger partial charge is 0.508 e. The van der Waals surface area contributed by atoms with E-state index in [-0.39, 0.29) is 17.4 Å². The number of aromatic hydroxyl groups is 2. The lowest BCUT2D eigenvalue weighted by molar-refractivity contribution is 0.0997. The van der Waals surface area contributed by atoms with Gasteiger partial charge in [0.25, 0.3) is 5.91 Å². The maximum absolute atomic E-state index is 12.6. The Labute approximate surface area is 137 Å². The van der Waals surface area contributed by atoms with E-state index in [0.717, 1.165) is 11.1 Å². The normalized spacial score (nSPS) is 10.5. The molecule has 1 amide bonds. The van der Waals surface area contributed by atoms with Gasteiger partial charge < -0.3 is 15.1 Å². The van der Waals surface area contributed by atoms with E-state index in [1.807, 2.05) is 11.4 Å². The number of carbonyl (C=O) groups excluding carboxylic acids is 1. The monoisotopic (exact) mass is 325 g/mol. The molecule has 0 aliphatic rings. The van der Waals surface area contributed by atoms with Crippen molar-refractivity contribution in [2.45, 2.75) is 0 Å². The highest BCUT2D eigenvalue weighted by Gasteiger charge is 2.16. The van der Waals surface area contributed by atoms with Crippen LogP contribution in [0.1, 0.15) is 9.67 Å². The summed E-state index contributed by atoms with van der Waals surface area (Å²) in [6, 6.07) is 15.3. The van der Waals surface area contributed by atoms with Crippen LogP contribution in [0.5, 0.6) is 11.5 Å². The van der Waals surface area contributed by atoms with Crippen LogP contribution in [0.3, 0.4) is 0 Å². The molecule has 0 spiro atoms. The average Bonchev–Trinajstić information content (AvgIpc) is 3.03. The number of hydrogen-bond acceptors (Lipinski definition) is 4. The number of phenolic OH excluding ortho intramolecular Hbond substituents is 2. The molecule has 2 N–H and O–H groups in total. The summed E-state index contributed by atoms with van der Waals surface area (Å²) in [6.07, 6.45) is 0. The fourth-order valence-corrected chi connectivity index (χ4v) is 3.16. The van der Waals surface area contributed by atoms with Gasteiger partial charge in [-0.25, -0.2) is 0 Å². The summed E-state index contributed by atoms with van der Waals surface area (Å²) >= 11 is 1.35. The Balaban J connectivity index is 1.86. The molecule has 0 saturated heterocycles. The number of rotatable bonds is 3. The van der Waals surface area contributed by atoms with Gasteiger partial charge >= 0.3 is 0 Å². The quantitative estimate of drug-likeness (QED) is 0.762. The summed E-state index contributed by atoms with van der Waals surface area (Å²) in [4.78, 5) is 14.7. The van der Waals surface area contributed by atoms with Crippen molar-refractivity contribution in [2.75, 3.05) is 11.9 Å². The number of hydrogen-bond donors (Lipinski definition) is 2. The number of amides is 1. The molecule has 5 heteroatoms. The summed E-state index contributed by atoms with van der Waals surface area (Å²) in [5.74, 6) is 0.166. The van der Waals surface area contributed by atoms with Crippen LogP contribution in [0.4, 0.5) is 5.69 Å². The third kappa shape index (κ3) is 3.19. The summed E-state index contributed by atoms with van der Waals surface area (Å²) in [7, 11) is 1.67. The van der Waals surface area contributed by atoms with Crippen molar-refractivity contribution in [2.24, 2.45) is 0 Å². The second kappa shape index (κ2) is 6.14. The summed E-state index contributed by atoms with van der Waals surface area (Å²) in [5.41, 5.74) is 2.38. The van der Waals surface area contributed by atoms with Gasteiger partial charge in [-0.3, -0.25) is 4.79 Å². The lowest BCUT2D eigenvalue weighted by Gasteiger charge is -2.16. The number of carbonyl (C=O) groups is 1. The number of thiophene rings is 1. The molecule has 0 fully saturated rings. The molecule has 1 aromatic heterocycles. The van der Waals surface area contributed by atoms with Crippen LogP contribution in [-0.2, 0) is 0 Å². The first-order valence-corrected chi connectivity index (χ1v) is 7.87. The fraction of sp³-hybridized carbons (Fsp3) is 0.0556. The minimum absolute atomic E-state index is 0.119. The van der Waals surface area contributed by atoms with Crippen LogP contribution in [0.15, 0.2) is 60.0 Å². The Kier molecular flexibility index (Phi) is 4.04. The van der Waals surface area contributed by atoms with E-state index >= 15 is 0 Å². The topological polar surface area (TPSA) is 60.8 Å². The number of phenols is 2. The van der Waals surface area contributed by atoms with E-state index < -0.39 is 0 Å². The standard InChI is InChI=1S/C18H15NO3S/c1-19(14-5-3-7-16(21)10-14)18(22)17-9-13(11-23-17)12-4-2-6-15(20)8-12/h2-11,20-21H,1H3. The van der Waals surface area contributed by atoms with Crippen LogP contribution in [0.2, 0.25) is 0 Å². The van der Waals surface area contributed by atoms with Gasteiger partial charge in [-0.2, -0.15) is 0 Å². The number of anilines is 1. The summed E-state index contributed by atoms with van der Waals surface area (Å²) < 4.78 is 0. The SMILES string of the molecule is CN(C(=O)c1cc(-c2cccc(O)c2)cs1)c1cccc(O)c1. The zero-order valence-corrected chi connectivity index (χ0v) is 13.2. The molecule has 23 heavy (non-hydrogen) atoms. The average molecular weight is 325 g/mol. The molecule has 0 atom stereocenters. The second-order valence-electron chi connectivity index (χ2n) is 5.13. The molecule has 116 valence electrons. The molecule has 2 aromatic carbocycles. The Morgan fingerprint density at radius 2 is 1.65 bits per heavy atom. The van der Waals surface area contributed by atoms with Crippen LogP contribution in [0, 0.1) is 0 Å². The van der Waals surface area contributed by atoms with Gasteiger partial charge in [-0.05, 0) is 46.8 Å². The molecule has 0 bridgehead atoms. The van der Waals surface area contributed by atoms with Crippen molar-refractivity contribution >= 4 is 22.9 Å². The van der Waals surface area contributed by atoms with E-state index in [2.05, 4.69) is 0 Å². The van der Waals surface area contributed by atoms with Gasteiger partial charge in [0.2, 0.25) is 0 Å². The van der Waals surface area contributed by atoms with Gasteiger partial charge in [0.1, 0.15) is 11.5 Å². The van der Waals surface area contributed by atoms with Crippen molar-refractivity contribution < 1.29 is 15.0 Å². The third-order valence-corrected chi connectivity index (χ3v) is 4.43. The highest BCUT2D eigenvalue weighted by atomic mass is 32.1. The molecule has 3 aromatic rings. The van der Waals surface area contributed by atoms with Crippen molar-refractivity contribution in [3.8, 4) is 22.6 Å². The first kappa shape index (κ1) is 15.1. The Morgan fingerprint density at radius 3 is 2.35 bits per heavy atom. The zero-order valence-electron chi connectivity index (χ0n) is 12.4. The predicted molar refractivity (Wildman–Crippen MR) is 92.3 cm³/mol. The minimum Gasteiger partial charge on any atom is -0.508 e. The molecular formula is C18H15NO3S. The first-order valence-electron chi connectivity index (χ1n) is 6.99. The zero-order chi connectivity index (χ0) is 16.4. The molecule has 1 heterocycles. The Bertz CT molecular complexity index is 857. The number of benzene rings is 2.